The van der Waals surface area contributed by atoms with Gasteiger partial charge in [-0.1, -0.05) is 36.4 Å². The van der Waals surface area contributed by atoms with Crippen molar-refractivity contribution < 1.29 is 9.53 Å². The first-order valence-corrected chi connectivity index (χ1v) is 14.0. The van der Waals surface area contributed by atoms with E-state index >= 15 is 0 Å². The normalized spacial score (nSPS) is 15.9. The van der Waals surface area contributed by atoms with Crippen LogP contribution in [0.15, 0.2) is 72.2 Å². The molecule has 4 aromatic rings. The van der Waals surface area contributed by atoms with E-state index in [1.54, 1.807) is 11.3 Å². The Morgan fingerprint density at radius 1 is 1.11 bits per heavy atom. The largest absolute Gasteiger partial charge is 0.494 e. The first kappa shape index (κ1) is 25.4. The number of carbonyl (C=O) groups excluding carboxylic acids is 1. The van der Waals surface area contributed by atoms with Crippen molar-refractivity contribution in [1.29, 1.82) is 0 Å². The zero-order valence-corrected chi connectivity index (χ0v) is 22.5. The number of para-hydroxylation sites is 1. The van der Waals surface area contributed by atoms with Gasteiger partial charge < -0.3 is 9.64 Å². The van der Waals surface area contributed by atoms with E-state index in [1.165, 1.54) is 22.9 Å². The number of hydrogen-bond acceptors (Lipinski definition) is 5. The van der Waals surface area contributed by atoms with Gasteiger partial charge in [0.1, 0.15) is 5.75 Å². The van der Waals surface area contributed by atoms with Gasteiger partial charge in [-0.05, 0) is 79.6 Å². The van der Waals surface area contributed by atoms with E-state index in [4.69, 9.17) is 4.74 Å². The number of fused-ring (bicyclic) bond motifs is 1. The summed E-state index contributed by atoms with van der Waals surface area (Å²) in [6.07, 6.45) is 6.02. The van der Waals surface area contributed by atoms with Gasteiger partial charge in [0.2, 0.25) is 0 Å². The molecule has 1 amide bonds. The average molecular weight is 514 g/mol. The molecule has 5 nitrogen and oxygen atoms in total. The molecule has 3 heterocycles. The van der Waals surface area contributed by atoms with E-state index in [-0.39, 0.29) is 11.9 Å². The highest BCUT2D eigenvalue weighted by Crippen LogP contribution is 2.26. The Morgan fingerprint density at radius 2 is 1.97 bits per heavy atom. The molecular formula is C31H35N3O2S. The number of hydrogen-bond donors (Lipinski definition) is 0. The Morgan fingerprint density at radius 3 is 2.84 bits per heavy atom. The SMILES string of the molecule is Cc1ccsc1C(=O)N1CCCC[C@@H]1CCOc1cccc(CN(C)Cc2cccc3cccnc23)c1. The molecule has 1 fully saturated rings. The van der Waals surface area contributed by atoms with Gasteiger partial charge in [0.05, 0.1) is 17.0 Å². The van der Waals surface area contributed by atoms with Gasteiger partial charge in [0.25, 0.3) is 5.91 Å². The maximum Gasteiger partial charge on any atom is 0.264 e. The molecule has 0 aliphatic carbocycles. The average Bonchev–Trinajstić information content (AvgIpc) is 3.35. The molecule has 1 aliphatic heterocycles. The van der Waals surface area contributed by atoms with Crippen LogP contribution in [0.2, 0.25) is 0 Å². The van der Waals surface area contributed by atoms with Crippen LogP contribution in [0.5, 0.6) is 5.75 Å². The fraction of sp³-hybridized carbons (Fsp3) is 0.355. The number of pyridine rings is 1. The summed E-state index contributed by atoms with van der Waals surface area (Å²) in [7, 11) is 2.14. The van der Waals surface area contributed by atoms with Crippen LogP contribution in [-0.4, -0.2) is 46.9 Å². The summed E-state index contributed by atoms with van der Waals surface area (Å²) in [5.74, 6) is 1.07. The Kier molecular flexibility index (Phi) is 8.17. The summed E-state index contributed by atoms with van der Waals surface area (Å²) in [6, 6.07) is 21.1. The molecule has 2 aromatic heterocycles. The highest BCUT2D eigenvalue weighted by Gasteiger charge is 2.28. The van der Waals surface area contributed by atoms with Crippen molar-refractivity contribution in [3.63, 3.8) is 0 Å². The van der Waals surface area contributed by atoms with Crippen LogP contribution < -0.4 is 4.74 Å². The molecule has 5 rings (SSSR count). The Bertz CT molecular complexity index is 1350. The second kappa shape index (κ2) is 11.9. The van der Waals surface area contributed by atoms with Crippen molar-refractivity contribution in [3.05, 3.63) is 93.8 Å². The van der Waals surface area contributed by atoms with Crippen LogP contribution in [0.4, 0.5) is 0 Å². The van der Waals surface area contributed by atoms with Crippen molar-refractivity contribution in [2.24, 2.45) is 0 Å². The fourth-order valence-corrected chi connectivity index (χ4v) is 6.17. The number of aryl methyl sites for hydroxylation is 1. The van der Waals surface area contributed by atoms with Crippen LogP contribution in [0.3, 0.4) is 0 Å². The molecule has 37 heavy (non-hydrogen) atoms. The minimum atomic E-state index is 0.184. The van der Waals surface area contributed by atoms with Crippen molar-refractivity contribution in [1.82, 2.24) is 14.8 Å². The Hall–Kier alpha value is -3.22. The number of piperidine rings is 1. The number of aromatic nitrogens is 1. The lowest BCUT2D eigenvalue weighted by molar-refractivity contribution is 0.0585. The van der Waals surface area contributed by atoms with E-state index in [9.17, 15) is 4.79 Å². The maximum absolute atomic E-state index is 13.2. The van der Waals surface area contributed by atoms with Crippen molar-refractivity contribution >= 4 is 28.1 Å². The molecule has 0 spiro atoms. The highest BCUT2D eigenvalue weighted by molar-refractivity contribution is 7.12. The smallest absolute Gasteiger partial charge is 0.264 e. The van der Waals surface area contributed by atoms with E-state index in [0.29, 0.717) is 6.61 Å². The van der Waals surface area contributed by atoms with Gasteiger partial charge in [-0.25, -0.2) is 0 Å². The number of carbonyl (C=O) groups is 1. The lowest BCUT2D eigenvalue weighted by atomic mass is 9.99. The molecule has 2 aromatic carbocycles. The first-order valence-electron chi connectivity index (χ1n) is 13.2. The molecule has 1 atom stereocenters. The number of likely N-dealkylation sites (tertiary alicyclic amines) is 1. The second-order valence-corrected chi connectivity index (χ2v) is 10.9. The highest BCUT2D eigenvalue weighted by atomic mass is 32.1. The predicted octanol–water partition coefficient (Wildman–Crippen LogP) is 6.70. The third-order valence-electron chi connectivity index (χ3n) is 7.17. The topological polar surface area (TPSA) is 45.7 Å². The van der Waals surface area contributed by atoms with Crippen LogP contribution in [-0.2, 0) is 13.1 Å². The lowest BCUT2D eigenvalue weighted by Crippen LogP contribution is -2.44. The maximum atomic E-state index is 13.2. The van der Waals surface area contributed by atoms with Gasteiger partial charge >= 0.3 is 0 Å². The quantitative estimate of drug-likeness (QED) is 0.250. The molecule has 1 saturated heterocycles. The lowest BCUT2D eigenvalue weighted by Gasteiger charge is -2.35. The van der Waals surface area contributed by atoms with Crippen LogP contribution in [0.1, 0.15) is 52.0 Å². The summed E-state index contributed by atoms with van der Waals surface area (Å²) in [4.78, 5) is 23.0. The molecule has 0 radical (unpaired) electrons. The summed E-state index contributed by atoms with van der Waals surface area (Å²) >= 11 is 1.55. The Balaban J connectivity index is 1.16. The van der Waals surface area contributed by atoms with Crippen molar-refractivity contribution in [2.75, 3.05) is 20.2 Å². The van der Waals surface area contributed by atoms with Crippen molar-refractivity contribution in [3.8, 4) is 5.75 Å². The minimum Gasteiger partial charge on any atom is -0.494 e. The number of amides is 1. The molecular weight excluding hydrogens is 478 g/mol. The number of rotatable bonds is 9. The molecule has 192 valence electrons. The second-order valence-electron chi connectivity index (χ2n) is 10.0. The first-order chi connectivity index (χ1) is 18.1. The third kappa shape index (κ3) is 6.20. The number of ether oxygens (including phenoxy) is 1. The van der Waals surface area contributed by atoms with Crippen LogP contribution in [0.25, 0.3) is 10.9 Å². The van der Waals surface area contributed by atoms with Gasteiger partial charge in [-0.3, -0.25) is 14.7 Å². The van der Waals surface area contributed by atoms with Crippen LogP contribution in [0, 0.1) is 6.92 Å². The third-order valence-corrected chi connectivity index (χ3v) is 8.18. The number of thiophene rings is 1. The minimum absolute atomic E-state index is 0.184. The van der Waals surface area contributed by atoms with Gasteiger partial charge in [0.15, 0.2) is 0 Å². The zero-order chi connectivity index (χ0) is 25.6. The summed E-state index contributed by atoms with van der Waals surface area (Å²) in [6.45, 7) is 5.13. The number of benzene rings is 2. The van der Waals surface area contributed by atoms with E-state index < -0.39 is 0 Å². The predicted molar refractivity (Wildman–Crippen MR) is 151 cm³/mol. The molecule has 1 aliphatic rings. The molecule has 0 unspecified atom stereocenters. The summed E-state index contributed by atoms with van der Waals surface area (Å²) in [5, 5.41) is 3.18. The summed E-state index contributed by atoms with van der Waals surface area (Å²) < 4.78 is 6.19. The van der Waals surface area contributed by atoms with E-state index in [1.807, 2.05) is 36.7 Å². The summed E-state index contributed by atoms with van der Waals surface area (Å²) in [5.41, 5.74) is 4.60. The van der Waals surface area contributed by atoms with E-state index in [0.717, 1.165) is 60.6 Å². The van der Waals surface area contributed by atoms with Gasteiger partial charge in [-0.2, -0.15) is 0 Å². The Labute approximate surface area is 223 Å². The monoisotopic (exact) mass is 513 g/mol. The molecule has 0 bridgehead atoms. The van der Waals surface area contributed by atoms with Gasteiger partial charge in [-0.15, -0.1) is 11.3 Å². The fourth-order valence-electron chi connectivity index (χ4n) is 5.29. The molecule has 0 N–H and O–H groups in total. The van der Waals surface area contributed by atoms with E-state index in [2.05, 4.69) is 64.3 Å². The zero-order valence-electron chi connectivity index (χ0n) is 21.7. The van der Waals surface area contributed by atoms with Crippen molar-refractivity contribution in [2.45, 2.75) is 51.7 Å². The molecule has 6 heteroatoms. The number of nitrogens with zero attached hydrogens (tertiary/aromatic N) is 3. The standard InChI is InChI=1S/C31H35N3O2S/c1-23-15-19-37-30(23)31(35)34-17-4-3-12-27(34)14-18-36-28-13-5-8-24(20-28)21-33(2)22-26-10-6-9-25-11-7-16-32-29(25)26/h5-11,13,15-16,19-20,27H,3-4,12,14,17-18,21-22H2,1-2H3/t27-/m1/s1. The van der Waals surface area contributed by atoms with Gasteiger partial charge in [0, 0.05) is 43.7 Å². The molecule has 0 saturated carbocycles. The van der Waals surface area contributed by atoms with Crippen LogP contribution >= 0.6 is 11.3 Å².